The van der Waals surface area contributed by atoms with Crippen LogP contribution < -0.4 is 28.6 Å². The van der Waals surface area contributed by atoms with E-state index in [-0.39, 0.29) is 11.3 Å². The fourth-order valence-corrected chi connectivity index (χ4v) is 6.78. The van der Waals surface area contributed by atoms with Gasteiger partial charge in [0.2, 0.25) is 0 Å². The van der Waals surface area contributed by atoms with Gasteiger partial charge in [0.25, 0.3) is 5.78 Å². The monoisotopic (exact) mass is 664 g/mol. The lowest BCUT2D eigenvalue weighted by molar-refractivity contribution is -0.132. The number of fused-ring (bicyclic) bond motifs is 2. The zero-order chi connectivity index (χ0) is 33.2. The molecule has 0 saturated carbocycles. The fraction of sp³-hybridized carbons (Fsp3) is 0.216. The molecule has 2 aliphatic rings. The molecule has 0 radical (unpaired) electrons. The Balaban J connectivity index is 1.35. The number of hydrogen-bond acceptors (Lipinski definition) is 10. The molecule has 5 aromatic rings. The number of amides is 1. The molecule has 4 aromatic carbocycles. The quantitative estimate of drug-likeness (QED) is 0.0951. The third kappa shape index (κ3) is 5.88. The lowest BCUT2D eigenvalue weighted by Gasteiger charge is -2.24. The van der Waals surface area contributed by atoms with Gasteiger partial charge in [0.1, 0.15) is 31.3 Å². The maximum Gasteiger partial charge on any atom is 0.301 e. The average molecular weight is 665 g/mol. The molecule has 3 heterocycles. The van der Waals surface area contributed by atoms with Gasteiger partial charge in [-0.1, -0.05) is 47.7 Å². The Kier molecular flexibility index (Phi) is 8.60. The van der Waals surface area contributed by atoms with Crippen molar-refractivity contribution >= 4 is 44.1 Å². The summed E-state index contributed by atoms with van der Waals surface area (Å²) in [4.78, 5) is 33.9. The molecule has 1 aromatic heterocycles. The van der Waals surface area contributed by atoms with Crippen LogP contribution in [0.2, 0.25) is 0 Å². The van der Waals surface area contributed by atoms with Crippen molar-refractivity contribution in [3.05, 3.63) is 107 Å². The van der Waals surface area contributed by atoms with Crippen molar-refractivity contribution in [2.75, 3.05) is 31.3 Å². The molecule has 244 valence electrons. The number of carbonyl (C=O) groups is 2. The van der Waals surface area contributed by atoms with Crippen LogP contribution in [0, 0.1) is 0 Å². The molecule has 1 unspecified atom stereocenters. The number of aromatic nitrogens is 1. The molecule has 1 saturated heterocycles. The molecule has 0 bridgehead atoms. The highest BCUT2D eigenvalue weighted by molar-refractivity contribution is 7.22. The Labute approximate surface area is 280 Å². The maximum absolute atomic E-state index is 13.9. The van der Waals surface area contributed by atoms with Crippen molar-refractivity contribution in [1.29, 1.82) is 0 Å². The maximum atomic E-state index is 13.9. The first-order valence-electron chi connectivity index (χ1n) is 15.6. The van der Waals surface area contributed by atoms with E-state index >= 15 is 0 Å². The number of Topliss-reactive ketones (excluding diaryl/α,β-unsaturated/α-hetero) is 1. The third-order valence-electron chi connectivity index (χ3n) is 7.95. The SMILES string of the molecule is CCOc1ccc2nc(N3C(=O)C(=O)/C(=C(/O)c4ccc5c(c4)OCCO5)C3c3ccc(OCc4ccccc4)c(OCC)c3)sc2c1. The van der Waals surface area contributed by atoms with Crippen molar-refractivity contribution in [2.45, 2.75) is 26.5 Å². The van der Waals surface area contributed by atoms with Crippen molar-refractivity contribution in [3.63, 3.8) is 0 Å². The lowest BCUT2D eigenvalue weighted by atomic mass is 9.95. The first-order chi connectivity index (χ1) is 23.4. The van der Waals surface area contributed by atoms with Gasteiger partial charge < -0.3 is 28.8 Å². The number of anilines is 1. The highest BCUT2D eigenvalue weighted by Gasteiger charge is 2.48. The van der Waals surface area contributed by atoms with E-state index in [9.17, 15) is 14.7 Å². The summed E-state index contributed by atoms with van der Waals surface area (Å²) < 4.78 is 29.9. The van der Waals surface area contributed by atoms with Gasteiger partial charge >= 0.3 is 5.91 Å². The van der Waals surface area contributed by atoms with E-state index in [1.807, 2.05) is 62.4 Å². The van der Waals surface area contributed by atoms with Gasteiger partial charge in [-0.05, 0) is 73.5 Å². The Hall–Kier alpha value is -5.55. The van der Waals surface area contributed by atoms with Crippen LogP contribution in [-0.2, 0) is 16.2 Å². The summed E-state index contributed by atoms with van der Waals surface area (Å²) in [6.45, 7) is 5.69. The van der Waals surface area contributed by atoms with Crippen molar-refractivity contribution in [1.82, 2.24) is 4.98 Å². The first kappa shape index (κ1) is 31.1. The summed E-state index contributed by atoms with van der Waals surface area (Å²) in [7, 11) is 0. The predicted octanol–water partition coefficient (Wildman–Crippen LogP) is 7.07. The second kappa shape index (κ2) is 13.3. The molecule has 2 aliphatic heterocycles. The number of nitrogens with zero attached hydrogens (tertiary/aromatic N) is 2. The molecule has 1 amide bonds. The summed E-state index contributed by atoms with van der Waals surface area (Å²) in [5.74, 6) is 0.562. The van der Waals surface area contributed by atoms with E-state index in [1.165, 1.54) is 16.2 Å². The third-order valence-corrected chi connectivity index (χ3v) is 8.96. The normalized spacial score (nSPS) is 16.7. The lowest BCUT2D eigenvalue weighted by Crippen LogP contribution is -2.29. The predicted molar refractivity (Wildman–Crippen MR) is 181 cm³/mol. The number of hydrogen-bond donors (Lipinski definition) is 1. The summed E-state index contributed by atoms with van der Waals surface area (Å²) >= 11 is 1.26. The fourth-order valence-electron chi connectivity index (χ4n) is 5.76. The molecule has 48 heavy (non-hydrogen) atoms. The highest BCUT2D eigenvalue weighted by atomic mass is 32.1. The Morgan fingerprint density at radius 2 is 1.67 bits per heavy atom. The molecule has 1 atom stereocenters. The Bertz CT molecular complexity index is 2040. The number of benzene rings is 4. The minimum absolute atomic E-state index is 0.0914. The number of thiazole rings is 1. The van der Waals surface area contributed by atoms with Gasteiger partial charge in [-0.25, -0.2) is 4.98 Å². The summed E-state index contributed by atoms with van der Waals surface area (Å²) in [6.07, 6.45) is 0. The second-order valence-corrected chi connectivity index (χ2v) is 12.0. The van der Waals surface area contributed by atoms with Gasteiger partial charge in [-0.15, -0.1) is 0 Å². The first-order valence-corrected chi connectivity index (χ1v) is 16.4. The summed E-state index contributed by atoms with van der Waals surface area (Å²) in [6, 6.07) is 24.4. The molecule has 0 spiro atoms. The van der Waals surface area contributed by atoms with Gasteiger partial charge in [0.15, 0.2) is 28.1 Å². The van der Waals surface area contributed by atoms with E-state index in [2.05, 4.69) is 0 Å². The number of ether oxygens (including phenoxy) is 5. The average Bonchev–Trinajstić information content (AvgIpc) is 3.65. The van der Waals surface area contributed by atoms with Gasteiger partial charge in [0, 0.05) is 5.56 Å². The number of aliphatic hydroxyl groups is 1. The second-order valence-electron chi connectivity index (χ2n) is 11.0. The topological polar surface area (TPSA) is 117 Å². The molecule has 0 aliphatic carbocycles. The highest BCUT2D eigenvalue weighted by Crippen LogP contribution is 2.47. The van der Waals surface area contributed by atoms with Crippen LogP contribution in [0.15, 0.2) is 90.5 Å². The van der Waals surface area contributed by atoms with E-state index in [0.717, 1.165) is 10.3 Å². The van der Waals surface area contributed by atoms with Crippen LogP contribution >= 0.6 is 11.3 Å². The standard InChI is InChI=1S/C37H32N2O8S/c1-3-43-25-12-13-26-31(20-25)48-37(38-26)39-33(23-10-14-28(29(18-23)44-4-2)47-21-22-8-6-5-7-9-22)32(35(41)36(39)42)34(40)24-11-15-27-30(19-24)46-17-16-45-27/h5-15,18-20,33,40H,3-4,16-17,21H2,1-2H3/b34-32+. The summed E-state index contributed by atoms with van der Waals surface area (Å²) in [5.41, 5.74) is 2.37. The van der Waals surface area contributed by atoms with E-state index in [1.54, 1.807) is 36.4 Å². The van der Waals surface area contributed by atoms with Gasteiger partial charge in [-0.3, -0.25) is 14.5 Å². The molecule has 11 heteroatoms. The minimum atomic E-state index is -1.03. The van der Waals surface area contributed by atoms with Crippen LogP contribution in [-0.4, -0.2) is 48.2 Å². The molecule has 1 fully saturated rings. The number of rotatable bonds is 10. The number of aliphatic hydroxyl groups excluding tert-OH is 1. The number of carbonyl (C=O) groups excluding carboxylic acids is 2. The van der Waals surface area contributed by atoms with E-state index in [0.29, 0.717) is 83.6 Å². The Morgan fingerprint density at radius 3 is 2.46 bits per heavy atom. The number of ketones is 1. The van der Waals surface area contributed by atoms with Gasteiger partial charge in [-0.2, -0.15) is 0 Å². The van der Waals surface area contributed by atoms with Crippen molar-refractivity contribution < 1.29 is 38.4 Å². The zero-order valence-electron chi connectivity index (χ0n) is 26.3. The smallest absolute Gasteiger partial charge is 0.301 e. The van der Waals surface area contributed by atoms with E-state index < -0.39 is 17.7 Å². The molecular formula is C37H32N2O8S. The minimum Gasteiger partial charge on any atom is -0.507 e. The van der Waals surface area contributed by atoms with Gasteiger partial charge in [0.05, 0.1) is 35.0 Å². The molecule has 10 nitrogen and oxygen atoms in total. The van der Waals surface area contributed by atoms with Crippen molar-refractivity contribution in [3.8, 4) is 28.7 Å². The van der Waals surface area contributed by atoms with Crippen LogP contribution in [0.1, 0.15) is 36.6 Å². The van der Waals surface area contributed by atoms with Crippen LogP contribution in [0.3, 0.4) is 0 Å². The van der Waals surface area contributed by atoms with E-state index in [4.69, 9.17) is 28.7 Å². The molecule has 1 N–H and O–H groups in total. The largest absolute Gasteiger partial charge is 0.507 e. The molecular weight excluding hydrogens is 632 g/mol. The molecule has 7 rings (SSSR count). The zero-order valence-corrected chi connectivity index (χ0v) is 27.1. The van der Waals surface area contributed by atoms with Crippen LogP contribution in [0.5, 0.6) is 28.7 Å². The van der Waals surface area contributed by atoms with Crippen molar-refractivity contribution in [2.24, 2.45) is 0 Å². The Morgan fingerprint density at radius 1 is 0.875 bits per heavy atom. The summed E-state index contributed by atoms with van der Waals surface area (Å²) in [5, 5.41) is 12.1. The van der Waals surface area contributed by atoms with Crippen LogP contribution in [0.4, 0.5) is 5.13 Å². The van der Waals surface area contributed by atoms with Crippen LogP contribution in [0.25, 0.3) is 16.0 Å².